The first-order chi connectivity index (χ1) is 10.3. The molecule has 0 aromatic carbocycles. The molecule has 7 heteroatoms. The number of Topliss-reactive ketones (excluding diaryl/α,β-unsaturated/α-hetero) is 1. The second-order valence-electron chi connectivity index (χ2n) is 5.90. The summed E-state index contributed by atoms with van der Waals surface area (Å²) in [5, 5.41) is 19.6. The summed E-state index contributed by atoms with van der Waals surface area (Å²) < 4.78 is 5.07. The summed E-state index contributed by atoms with van der Waals surface area (Å²) in [6, 6.07) is -0.997. The Bertz CT molecular complexity index is 441. The lowest BCUT2D eigenvalue weighted by atomic mass is 10.00. The Kier molecular flexibility index (Phi) is 6.67. The monoisotopic (exact) mass is 312 g/mol. The Hall–Kier alpha value is -1.76. The van der Waals surface area contributed by atoms with Gasteiger partial charge in [0.05, 0.1) is 12.3 Å². The van der Waals surface area contributed by atoms with Crippen molar-refractivity contribution in [2.45, 2.75) is 70.1 Å². The molecule has 0 aliphatic heterocycles. The summed E-state index contributed by atoms with van der Waals surface area (Å²) in [5.41, 5.74) is -1.44. The number of ether oxygens (including phenoxy) is 1. The zero-order valence-electron chi connectivity index (χ0n) is 13.1. The minimum atomic E-state index is -1.44. The molecule has 0 radical (unpaired) electrons. The first kappa shape index (κ1) is 18.3. The maximum absolute atomic E-state index is 12.2. The van der Waals surface area contributed by atoms with Crippen LogP contribution >= 0.6 is 0 Å². The van der Waals surface area contributed by atoms with Gasteiger partial charge in [-0.25, -0.2) is 4.79 Å². The molecular weight excluding hydrogens is 288 g/mol. The number of hydrogen-bond donors (Lipinski definition) is 3. The molecule has 124 valence electrons. The highest BCUT2D eigenvalue weighted by Gasteiger charge is 2.40. The number of aliphatic hydroxyl groups is 1. The van der Waals surface area contributed by atoms with Gasteiger partial charge in [-0.1, -0.05) is 0 Å². The van der Waals surface area contributed by atoms with Crippen molar-refractivity contribution in [1.29, 1.82) is 5.41 Å². The van der Waals surface area contributed by atoms with Crippen LogP contribution in [0.2, 0.25) is 0 Å². The van der Waals surface area contributed by atoms with Gasteiger partial charge >= 0.3 is 5.97 Å². The van der Waals surface area contributed by atoms with E-state index in [9.17, 15) is 19.5 Å². The van der Waals surface area contributed by atoms with Crippen molar-refractivity contribution >= 4 is 23.9 Å². The highest BCUT2D eigenvalue weighted by atomic mass is 16.5. The number of carbonyl (C=O) groups is 3. The van der Waals surface area contributed by atoms with Crippen molar-refractivity contribution in [2.24, 2.45) is 0 Å². The molecule has 1 rings (SSSR count). The Balaban J connectivity index is 2.71. The van der Waals surface area contributed by atoms with E-state index < -0.39 is 29.3 Å². The van der Waals surface area contributed by atoms with Crippen LogP contribution in [0.15, 0.2) is 0 Å². The van der Waals surface area contributed by atoms with Gasteiger partial charge in [0, 0.05) is 6.42 Å². The lowest BCUT2D eigenvalue weighted by Crippen LogP contribution is -2.52. The normalized spacial score (nSPS) is 17.8. The van der Waals surface area contributed by atoms with Crippen LogP contribution in [0.3, 0.4) is 0 Å². The number of hydrogen-bond acceptors (Lipinski definition) is 6. The highest BCUT2D eigenvalue weighted by Crippen LogP contribution is 2.29. The van der Waals surface area contributed by atoms with Crippen LogP contribution in [0.4, 0.5) is 0 Å². The van der Waals surface area contributed by atoms with Crippen LogP contribution in [0.5, 0.6) is 0 Å². The summed E-state index contributed by atoms with van der Waals surface area (Å²) in [6.07, 6.45) is 2.59. The van der Waals surface area contributed by atoms with E-state index in [2.05, 4.69) is 5.32 Å². The van der Waals surface area contributed by atoms with E-state index in [0.717, 1.165) is 12.8 Å². The first-order valence-corrected chi connectivity index (χ1v) is 7.55. The third-order valence-electron chi connectivity index (χ3n) is 3.64. The highest BCUT2D eigenvalue weighted by molar-refractivity contribution is 6.26. The van der Waals surface area contributed by atoms with E-state index in [1.54, 1.807) is 13.8 Å². The molecule has 0 unspecified atom stereocenters. The largest absolute Gasteiger partial charge is 0.461 e. The molecule has 1 fully saturated rings. The lowest BCUT2D eigenvalue weighted by Gasteiger charge is -2.25. The predicted molar refractivity (Wildman–Crippen MR) is 79.6 cm³/mol. The van der Waals surface area contributed by atoms with Crippen molar-refractivity contribution in [2.75, 3.05) is 0 Å². The van der Waals surface area contributed by atoms with Gasteiger partial charge in [-0.15, -0.1) is 0 Å². The minimum absolute atomic E-state index is 0.0416. The Labute approximate surface area is 129 Å². The van der Waals surface area contributed by atoms with Crippen molar-refractivity contribution in [3.63, 3.8) is 0 Å². The third-order valence-corrected chi connectivity index (χ3v) is 3.64. The molecule has 1 saturated carbocycles. The van der Waals surface area contributed by atoms with E-state index in [0.29, 0.717) is 19.1 Å². The van der Waals surface area contributed by atoms with E-state index in [4.69, 9.17) is 10.1 Å². The number of carbonyl (C=O) groups excluding carboxylic acids is 3. The molecule has 0 bridgehead atoms. The molecule has 22 heavy (non-hydrogen) atoms. The molecule has 1 aliphatic rings. The van der Waals surface area contributed by atoms with Gasteiger partial charge in [-0.3, -0.25) is 9.59 Å². The Morgan fingerprint density at radius 3 is 2.41 bits per heavy atom. The van der Waals surface area contributed by atoms with Crippen LogP contribution in [-0.2, 0) is 19.1 Å². The summed E-state index contributed by atoms with van der Waals surface area (Å²) in [7, 11) is 0. The molecule has 0 aromatic rings. The van der Waals surface area contributed by atoms with Gasteiger partial charge in [0.25, 0.3) is 5.91 Å². The Morgan fingerprint density at radius 2 is 1.91 bits per heavy atom. The molecular formula is C15H24N2O5. The Morgan fingerprint density at radius 1 is 1.32 bits per heavy atom. The van der Waals surface area contributed by atoms with Crippen molar-refractivity contribution in [3.8, 4) is 0 Å². The first-order valence-electron chi connectivity index (χ1n) is 7.55. The number of rotatable bonds is 8. The number of amides is 1. The lowest BCUT2D eigenvalue weighted by molar-refractivity contribution is -0.154. The quantitative estimate of drug-likeness (QED) is 0.451. The number of ketones is 1. The van der Waals surface area contributed by atoms with Crippen molar-refractivity contribution in [3.05, 3.63) is 0 Å². The summed E-state index contributed by atoms with van der Waals surface area (Å²) in [4.78, 5) is 35.4. The summed E-state index contributed by atoms with van der Waals surface area (Å²) >= 11 is 0. The average molecular weight is 312 g/mol. The average Bonchev–Trinajstić information content (AvgIpc) is 2.90. The zero-order valence-corrected chi connectivity index (χ0v) is 13.1. The van der Waals surface area contributed by atoms with Gasteiger partial charge in [-0.2, -0.15) is 0 Å². The second-order valence-corrected chi connectivity index (χ2v) is 5.90. The fourth-order valence-electron chi connectivity index (χ4n) is 2.40. The van der Waals surface area contributed by atoms with E-state index in [1.165, 1.54) is 0 Å². The predicted octanol–water partition coefficient (Wildman–Crippen LogP) is 0.727. The van der Waals surface area contributed by atoms with Gasteiger partial charge < -0.3 is 20.6 Å². The number of nitrogens with one attached hydrogen (secondary N) is 2. The van der Waals surface area contributed by atoms with Gasteiger partial charge in [0.1, 0.15) is 11.6 Å². The molecule has 0 aromatic heterocycles. The molecule has 7 nitrogen and oxygen atoms in total. The molecule has 0 heterocycles. The van der Waals surface area contributed by atoms with Gasteiger partial charge in [0.15, 0.2) is 5.78 Å². The molecule has 0 saturated heterocycles. The molecule has 1 atom stereocenters. The fraction of sp³-hybridized carbons (Fsp3) is 0.733. The van der Waals surface area contributed by atoms with E-state index in [-0.39, 0.29) is 18.9 Å². The smallest absolute Gasteiger partial charge is 0.328 e. The maximum Gasteiger partial charge on any atom is 0.328 e. The van der Waals surface area contributed by atoms with Crippen LogP contribution in [-0.4, -0.2) is 46.7 Å². The molecule has 1 aliphatic carbocycles. The van der Waals surface area contributed by atoms with E-state index >= 15 is 0 Å². The summed E-state index contributed by atoms with van der Waals surface area (Å²) in [5.74, 6) is -1.67. The van der Waals surface area contributed by atoms with Crippen molar-refractivity contribution in [1.82, 2.24) is 5.32 Å². The molecule has 0 spiro atoms. The maximum atomic E-state index is 12.2. The molecule has 3 N–H and O–H groups in total. The van der Waals surface area contributed by atoms with Crippen LogP contribution in [0.1, 0.15) is 52.4 Å². The van der Waals surface area contributed by atoms with Crippen LogP contribution in [0.25, 0.3) is 0 Å². The standard InChI is InChI=1S/C15H24N2O5/c1-10(2)22-13(19)12(6-5-11(18)9-16)17-14(20)15(21)7-3-4-8-15/h9-10,12,16,21H,3-8H2,1-2H3,(H,17,20)/t12-/m0/s1. The van der Waals surface area contributed by atoms with E-state index in [1.807, 2.05) is 0 Å². The minimum Gasteiger partial charge on any atom is -0.461 e. The third kappa shape index (κ3) is 5.22. The van der Waals surface area contributed by atoms with Crippen LogP contribution in [0, 0.1) is 5.41 Å². The number of esters is 1. The van der Waals surface area contributed by atoms with Crippen LogP contribution < -0.4 is 5.32 Å². The summed E-state index contributed by atoms with van der Waals surface area (Å²) in [6.45, 7) is 3.37. The molecule has 1 amide bonds. The second kappa shape index (κ2) is 8.03. The van der Waals surface area contributed by atoms with Gasteiger partial charge in [0.2, 0.25) is 0 Å². The SMILES string of the molecule is CC(C)OC(=O)[C@H](CCC(=O)C=N)NC(=O)C1(O)CCCC1. The topological polar surface area (TPSA) is 117 Å². The van der Waals surface area contributed by atoms with Gasteiger partial charge in [-0.05, 0) is 46.0 Å². The zero-order chi connectivity index (χ0) is 16.8. The fourth-order valence-corrected chi connectivity index (χ4v) is 2.40. The van der Waals surface area contributed by atoms with Crippen molar-refractivity contribution < 1.29 is 24.2 Å².